The normalized spacial score (nSPS) is 10.0. The highest BCUT2D eigenvalue weighted by Gasteiger charge is 2.09. The summed E-state index contributed by atoms with van der Waals surface area (Å²) in [7, 11) is 0. The Bertz CT molecular complexity index is 480. The molecule has 2 aromatic rings. The quantitative estimate of drug-likeness (QED) is 0.719. The zero-order valence-corrected chi connectivity index (χ0v) is 8.47. The molecule has 1 aromatic heterocycles. The number of nitrogens with one attached hydrogen (secondary N) is 2. The van der Waals surface area contributed by atoms with Crippen LogP contribution in [0.15, 0.2) is 36.8 Å². The zero-order valence-electron chi connectivity index (χ0n) is 8.47. The van der Waals surface area contributed by atoms with Gasteiger partial charge in [-0.3, -0.25) is 4.79 Å². The van der Waals surface area contributed by atoms with Crippen molar-refractivity contribution < 1.29 is 9.90 Å². The summed E-state index contributed by atoms with van der Waals surface area (Å²) < 4.78 is 0. The summed E-state index contributed by atoms with van der Waals surface area (Å²) in [5.41, 5.74) is 1.07. The number of rotatable bonds is 3. The van der Waals surface area contributed by atoms with Gasteiger partial charge in [0.2, 0.25) is 0 Å². The van der Waals surface area contributed by atoms with E-state index in [4.69, 9.17) is 0 Å². The van der Waals surface area contributed by atoms with Crippen LogP contribution in [-0.2, 0) is 6.54 Å². The molecule has 1 heterocycles. The number of phenolic OH excluding ortho intramolecular Hbond substituents is 1. The van der Waals surface area contributed by atoms with Gasteiger partial charge in [0, 0.05) is 6.20 Å². The molecule has 5 nitrogen and oxygen atoms in total. The molecule has 5 heteroatoms. The van der Waals surface area contributed by atoms with Gasteiger partial charge in [0.25, 0.3) is 5.91 Å². The van der Waals surface area contributed by atoms with Gasteiger partial charge in [-0.05, 0) is 12.1 Å². The molecule has 0 aliphatic rings. The molecule has 3 N–H and O–H groups in total. The number of H-pyrrole nitrogens is 1. The fourth-order valence-electron chi connectivity index (χ4n) is 1.32. The second-order valence-electron chi connectivity index (χ2n) is 3.28. The third-order valence-electron chi connectivity index (χ3n) is 2.14. The van der Waals surface area contributed by atoms with Crippen molar-refractivity contribution in [2.75, 3.05) is 0 Å². The molecule has 0 saturated heterocycles. The predicted octanol–water partition coefficient (Wildman–Crippen LogP) is 1.05. The second-order valence-corrected chi connectivity index (χ2v) is 3.28. The molecule has 0 aliphatic carbocycles. The summed E-state index contributed by atoms with van der Waals surface area (Å²) in [6.45, 7) is 0.354. The van der Waals surface area contributed by atoms with E-state index in [-0.39, 0.29) is 17.2 Å². The van der Waals surface area contributed by atoms with E-state index in [9.17, 15) is 9.90 Å². The van der Waals surface area contributed by atoms with Gasteiger partial charge in [-0.1, -0.05) is 12.1 Å². The van der Waals surface area contributed by atoms with E-state index in [0.717, 1.165) is 5.69 Å². The first-order valence-corrected chi connectivity index (χ1v) is 4.81. The number of aromatic amines is 1. The molecular formula is C11H11N3O2. The number of nitrogens with zero attached hydrogens (tertiary/aromatic N) is 1. The summed E-state index contributed by atoms with van der Waals surface area (Å²) in [5, 5.41) is 12.1. The number of aromatic hydroxyl groups is 1. The highest BCUT2D eigenvalue weighted by molar-refractivity contribution is 5.96. The lowest BCUT2D eigenvalue weighted by molar-refractivity contribution is 0.0948. The van der Waals surface area contributed by atoms with E-state index in [1.165, 1.54) is 6.07 Å². The molecule has 2 rings (SSSR count). The maximum Gasteiger partial charge on any atom is 0.255 e. The summed E-state index contributed by atoms with van der Waals surface area (Å²) >= 11 is 0. The monoisotopic (exact) mass is 217 g/mol. The molecule has 0 saturated carbocycles. The topological polar surface area (TPSA) is 78.0 Å². The smallest absolute Gasteiger partial charge is 0.255 e. The number of carbonyl (C=O) groups is 1. The Morgan fingerprint density at radius 1 is 1.44 bits per heavy atom. The minimum atomic E-state index is -0.312. The molecule has 0 radical (unpaired) electrons. The van der Waals surface area contributed by atoms with E-state index in [0.29, 0.717) is 6.54 Å². The SMILES string of the molecule is O=C(NCc1cnc[nH]1)c1ccccc1O. The first kappa shape index (κ1) is 10.2. The van der Waals surface area contributed by atoms with Crippen molar-refractivity contribution in [1.29, 1.82) is 0 Å². The van der Waals surface area contributed by atoms with Crippen molar-refractivity contribution in [2.45, 2.75) is 6.54 Å². The minimum absolute atomic E-state index is 0.0235. The van der Waals surface area contributed by atoms with Crippen LogP contribution in [0, 0.1) is 0 Å². The molecule has 0 aliphatic heterocycles. The first-order chi connectivity index (χ1) is 7.77. The average molecular weight is 217 g/mol. The molecule has 0 unspecified atom stereocenters. The highest BCUT2D eigenvalue weighted by atomic mass is 16.3. The molecule has 0 atom stereocenters. The van der Waals surface area contributed by atoms with Crippen LogP contribution in [0.1, 0.15) is 16.1 Å². The van der Waals surface area contributed by atoms with Gasteiger partial charge in [-0.15, -0.1) is 0 Å². The Labute approximate surface area is 92.2 Å². The molecule has 0 spiro atoms. The van der Waals surface area contributed by atoms with Gasteiger partial charge in [0.15, 0.2) is 0 Å². The van der Waals surface area contributed by atoms with Gasteiger partial charge in [0.1, 0.15) is 5.75 Å². The Kier molecular flexibility index (Phi) is 2.86. The van der Waals surface area contributed by atoms with E-state index in [1.54, 1.807) is 30.7 Å². The summed E-state index contributed by atoms with van der Waals surface area (Å²) in [5.74, 6) is -0.336. The number of aromatic nitrogens is 2. The van der Waals surface area contributed by atoms with Crippen LogP contribution in [-0.4, -0.2) is 21.0 Å². The number of hydrogen-bond donors (Lipinski definition) is 3. The van der Waals surface area contributed by atoms with Crippen molar-refractivity contribution in [3.05, 3.63) is 48.0 Å². The summed E-state index contributed by atoms with van der Waals surface area (Å²) in [4.78, 5) is 18.4. The lowest BCUT2D eigenvalue weighted by Gasteiger charge is -2.04. The van der Waals surface area contributed by atoms with Crippen molar-refractivity contribution >= 4 is 5.91 Å². The zero-order chi connectivity index (χ0) is 11.4. The van der Waals surface area contributed by atoms with E-state index in [2.05, 4.69) is 15.3 Å². The van der Waals surface area contributed by atoms with Gasteiger partial charge in [-0.25, -0.2) is 4.98 Å². The molecular weight excluding hydrogens is 206 g/mol. The van der Waals surface area contributed by atoms with Gasteiger partial charge in [0.05, 0.1) is 24.1 Å². The van der Waals surface area contributed by atoms with Crippen molar-refractivity contribution in [3.8, 4) is 5.75 Å². The maximum absolute atomic E-state index is 11.7. The number of hydrogen-bond acceptors (Lipinski definition) is 3. The number of para-hydroxylation sites is 1. The number of carbonyl (C=O) groups excluding carboxylic acids is 1. The number of benzene rings is 1. The number of phenols is 1. The second kappa shape index (κ2) is 4.48. The molecule has 0 fully saturated rings. The van der Waals surface area contributed by atoms with Gasteiger partial charge < -0.3 is 15.4 Å². The molecule has 1 aromatic carbocycles. The van der Waals surface area contributed by atoms with E-state index < -0.39 is 0 Å². The molecule has 1 amide bonds. The Hall–Kier alpha value is -2.30. The van der Waals surface area contributed by atoms with Crippen LogP contribution < -0.4 is 5.32 Å². The lowest BCUT2D eigenvalue weighted by Crippen LogP contribution is -2.22. The van der Waals surface area contributed by atoms with Crippen molar-refractivity contribution in [3.63, 3.8) is 0 Å². The van der Waals surface area contributed by atoms with Crippen molar-refractivity contribution in [1.82, 2.24) is 15.3 Å². The average Bonchev–Trinajstić information content (AvgIpc) is 2.79. The number of imidazole rings is 1. The van der Waals surface area contributed by atoms with Crippen LogP contribution in [0.25, 0.3) is 0 Å². The standard InChI is InChI=1S/C11H11N3O2/c15-10-4-2-1-3-9(10)11(16)13-6-8-5-12-7-14-8/h1-5,7,15H,6H2,(H,12,14)(H,13,16). The minimum Gasteiger partial charge on any atom is -0.507 e. The fourth-order valence-corrected chi connectivity index (χ4v) is 1.32. The van der Waals surface area contributed by atoms with E-state index in [1.807, 2.05) is 0 Å². The molecule has 82 valence electrons. The van der Waals surface area contributed by atoms with Crippen LogP contribution in [0.2, 0.25) is 0 Å². The van der Waals surface area contributed by atoms with Crippen LogP contribution in [0.4, 0.5) is 0 Å². The first-order valence-electron chi connectivity index (χ1n) is 4.81. The third kappa shape index (κ3) is 2.20. The van der Waals surface area contributed by atoms with Crippen LogP contribution >= 0.6 is 0 Å². The number of amides is 1. The van der Waals surface area contributed by atoms with Crippen molar-refractivity contribution in [2.24, 2.45) is 0 Å². The Morgan fingerprint density at radius 3 is 2.94 bits per heavy atom. The summed E-state index contributed by atoms with van der Waals surface area (Å²) in [6.07, 6.45) is 3.17. The lowest BCUT2D eigenvalue weighted by atomic mass is 10.2. The third-order valence-corrected chi connectivity index (χ3v) is 2.14. The Morgan fingerprint density at radius 2 is 2.25 bits per heavy atom. The van der Waals surface area contributed by atoms with Gasteiger partial charge >= 0.3 is 0 Å². The van der Waals surface area contributed by atoms with E-state index >= 15 is 0 Å². The van der Waals surface area contributed by atoms with Crippen LogP contribution in [0.3, 0.4) is 0 Å². The largest absolute Gasteiger partial charge is 0.507 e. The molecule has 0 bridgehead atoms. The Balaban J connectivity index is 2.01. The van der Waals surface area contributed by atoms with Gasteiger partial charge in [-0.2, -0.15) is 0 Å². The maximum atomic E-state index is 11.7. The van der Waals surface area contributed by atoms with Crippen LogP contribution in [0.5, 0.6) is 5.75 Å². The highest BCUT2D eigenvalue weighted by Crippen LogP contribution is 2.14. The predicted molar refractivity (Wildman–Crippen MR) is 57.9 cm³/mol. The fraction of sp³-hybridized carbons (Fsp3) is 0.0909. The molecule has 16 heavy (non-hydrogen) atoms. The summed E-state index contributed by atoms with van der Waals surface area (Å²) in [6, 6.07) is 6.41.